The summed E-state index contributed by atoms with van der Waals surface area (Å²) in [5.41, 5.74) is 1.60. The number of aryl methyl sites for hydroxylation is 3. The lowest BCUT2D eigenvalue weighted by molar-refractivity contribution is 0.611. The van der Waals surface area contributed by atoms with Crippen LogP contribution < -0.4 is 5.32 Å². The first-order valence-electron chi connectivity index (χ1n) is 7.29. The summed E-state index contributed by atoms with van der Waals surface area (Å²) in [6.45, 7) is 5.48. The Morgan fingerprint density at radius 1 is 1.30 bits per heavy atom. The fourth-order valence-electron chi connectivity index (χ4n) is 2.80. The van der Waals surface area contributed by atoms with Crippen molar-refractivity contribution in [2.24, 2.45) is 0 Å². The standard InChI is InChI=1S/C16H20BrNS2/c1-3-7-18-15(16-12(17)8-10(2)19-16)14-9-11-5-4-6-13(11)20-14/h8-9,15,18H,3-7H2,1-2H3. The molecule has 0 saturated carbocycles. The highest BCUT2D eigenvalue weighted by Gasteiger charge is 2.23. The van der Waals surface area contributed by atoms with Crippen LogP contribution in [0.5, 0.6) is 0 Å². The van der Waals surface area contributed by atoms with Crippen LogP contribution in [-0.4, -0.2) is 6.54 Å². The maximum atomic E-state index is 3.74. The van der Waals surface area contributed by atoms with Crippen LogP contribution in [0.2, 0.25) is 0 Å². The summed E-state index contributed by atoms with van der Waals surface area (Å²) < 4.78 is 1.25. The third kappa shape index (κ3) is 2.89. The highest BCUT2D eigenvalue weighted by molar-refractivity contribution is 9.10. The van der Waals surface area contributed by atoms with Gasteiger partial charge in [0.15, 0.2) is 0 Å². The van der Waals surface area contributed by atoms with Crippen molar-refractivity contribution in [1.29, 1.82) is 0 Å². The third-order valence-corrected chi connectivity index (χ3v) is 7.08. The van der Waals surface area contributed by atoms with Crippen molar-refractivity contribution in [3.05, 3.63) is 41.7 Å². The van der Waals surface area contributed by atoms with Gasteiger partial charge in [0.05, 0.1) is 6.04 Å². The van der Waals surface area contributed by atoms with Crippen LogP contribution in [0.15, 0.2) is 16.6 Å². The van der Waals surface area contributed by atoms with Crippen LogP contribution >= 0.6 is 38.6 Å². The zero-order chi connectivity index (χ0) is 14.1. The first-order valence-corrected chi connectivity index (χ1v) is 9.72. The Labute approximate surface area is 137 Å². The molecule has 2 aromatic heterocycles. The summed E-state index contributed by atoms with van der Waals surface area (Å²) >= 11 is 7.66. The van der Waals surface area contributed by atoms with Crippen LogP contribution in [0, 0.1) is 6.92 Å². The van der Waals surface area contributed by atoms with E-state index in [0.29, 0.717) is 6.04 Å². The van der Waals surface area contributed by atoms with E-state index in [1.54, 1.807) is 10.4 Å². The minimum atomic E-state index is 0.360. The molecule has 1 aliphatic carbocycles. The lowest BCUT2D eigenvalue weighted by Gasteiger charge is -2.16. The van der Waals surface area contributed by atoms with Crippen molar-refractivity contribution in [3.8, 4) is 0 Å². The van der Waals surface area contributed by atoms with Gasteiger partial charge >= 0.3 is 0 Å². The van der Waals surface area contributed by atoms with Gasteiger partial charge in [-0.25, -0.2) is 0 Å². The fourth-order valence-corrected chi connectivity index (χ4v) is 6.20. The Hall–Kier alpha value is -0.160. The van der Waals surface area contributed by atoms with E-state index >= 15 is 0 Å². The molecule has 4 heteroatoms. The Bertz CT molecular complexity index is 578. The quantitative estimate of drug-likeness (QED) is 0.737. The van der Waals surface area contributed by atoms with Gasteiger partial charge in [0.1, 0.15) is 0 Å². The highest BCUT2D eigenvalue weighted by Crippen LogP contribution is 2.40. The largest absolute Gasteiger partial charge is 0.305 e. The average molecular weight is 370 g/mol. The maximum absolute atomic E-state index is 3.74. The molecule has 0 aliphatic heterocycles. The summed E-state index contributed by atoms with van der Waals surface area (Å²) in [5, 5.41) is 3.74. The summed E-state index contributed by atoms with van der Waals surface area (Å²) in [5.74, 6) is 0. The van der Waals surface area contributed by atoms with E-state index in [2.05, 4.69) is 47.2 Å². The first kappa shape index (κ1) is 14.8. The van der Waals surface area contributed by atoms with Gasteiger partial charge in [0.25, 0.3) is 0 Å². The minimum absolute atomic E-state index is 0.360. The van der Waals surface area contributed by atoms with Gasteiger partial charge in [-0.05, 0) is 72.8 Å². The molecule has 2 heterocycles. The number of rotatable bonds is 5. The molecule has 0 spiro atoms. The van der Waals surface area contributed by atoms with Gasteiger partial charge in [-0.3, -0.25) is 0 Å². The van der Waals surface area contributed by atoms with Crippen molar-refractivity contribution in [2.45, 2.75) is 45.6 Å². The predicted octanol–water partition coefficient (Wildman–Crippen LogP) is 5.46. The van der Waals surface area contributed by atoms with Gasteiger partial charge < -0.3 is 5.32 Å². The molecule has 20 heavy (non-hydrogen) atoms. The van der Waals surface area contributed by atoms with E-state index in [-0.39, 0.29) is 0 Å². The van der Waals surface area contributed by atoms with E-state index in [9.17, 15) is 0 Å². The monoisotopic (exact) mass is 369 g/mol. The molecule has 1 N–H and O–H groups in total. The Balaban J connectivity index is 1.94. The Morgan fingerprint density at radius 3 is 2.80 bits per heavy atom. The lowest BCUT2D eigenvalue weighted by Crippen LogP contribution is -2.21. The summed E-state index contributed by atoms with van der Waals surface area (Å²) in [6, 6.07) is 5.04. The molecule has 1 unspecified atom stereocenters. The molecule has 0 aromatic carbocycles. The Kier molecular flexibility index (Phi) is 4.65. The number of thiophene rings is 2. The second-order valence-corrected chi connectivity index (χ2v) is 8.72. The molecule has 0 radical (unpaired) electrons. The molecule has 0 amide bonds. The van der Waals surface area contributed by atoms with Crippen molar-refractivity contribution in [3.63, 3.8) is 0 Å². The second-order valence-electron chi connectivity index (χ2n) is 5.41. The second kappa shape index (κ2) is 6.30. The molecule has 0 fully saturated rings. The lowest BCUT2D eigenvalue weighted by atomic mass is 10.1. The minimum Gasteiger partial charge on any atom is -0.305 e. The van der Waals surface area contributed by atoms with Gasteiger partial charge in [-0.2, -0.15) is 0 Å². The predicted molar refractivity (Wildman–Crippen MR) is 93.2 cm³/mol. The average Bonchev–Trinajstić information content (AvgIpc) is 3.05. The van der Waals surface area contributed by atoms with E-state index in [0.717, 1.165) is 6.54 Å². The summed E-state index contributed by atoms with van der Waals surface area (Å²) in [4.78, 5) is 5.91. The van der Waals surface area contributed by atoms with Crippen LogP contribution in [0.1, 0.15) is 50.9 Å². The van der Waals surface area contributed by atoms with Crippen molar-refractivity contribution >= 4 is 38.6 Å². The SMILES string of the molecule is CCCNC(c1cc2c(s1)CCC2)c1sc(C)cc1Br. The van der Waals surface area contributed by atoms with Crippen molar-refractivity contribution < 1.29 is 0 Å². The van der Waals surface area contributed by atoms with Gasteiger partial charge in [-0.15, -0.1) is 22.7 Å². The summed E-state index contributed by atoms with van der Waals surface area (Å²) in [6.07, 6.45) is 5.07. The Morgan fingerprint density at radius 2 is 2.15 bits per heavy atom. The molecular formula is C16H20BrNS2. The number of hydrogen-bond donors (Lipinski definition) is 1. The van der Waals surface area contributed by atoms with E-state index in [4.69, 9.17) is 0 Å². The van der Waals surface area contributed by atoms with E-state index < -0.39 is 0 Å². The van der Waals surface area contributed by atoms with Crippen molar-refractivity contribution in [1.82, 2.24) is 5.32 Å². The topological polar surface area (TPSA) is 12.0 Å². The zero-order valence-electron chi connectivity index (χ0n) is 12.0. The number of nitrogens with one attached hydrogen (secondary N) is 1. The van der Waals surface area contributed by atoms with Gasteiger partial charge in [-0.1, -0.05) is 6.92 Å². The molecule has 0 bridgehead atoms. The molecular weight excluding hydrogens is 350 g/mol. The highest BCUT2D eigenvalue weighted by atomic mass is 79.9. The van der Waals surface area contributed by atoms with E-state index in [1.807, 2.05) is 22.7 Å². The molecule has 1 aliphatic rings. The molecule has 3 rings (SSSR count). The van der Waals surface area contributed by atoms with Gasteiger partial charge in [0.2, 0.25) is 0 Å². The number of hydrogen-bond acceptors (Lipinski definition) is 3. The zero-order valence-corrected chi connectivity index (χ0v) is 15.2. The normalized spacial score (nSPS) is 15.6. The first-order chi connectivity index (χ1) is 9.69. The maximum Gasteiger partial charge on any atom is 0.0776 e. The molecule has 1 nitrogen and oxygen atoms in total. The third-order valence-electron chi connectivity index (χ3n) is 3.75. The van der Waals surface area contributed by atoms with E-state index in [1.165, 1.54) is 44.8 Å². The molecule has 0 saturated heterocycles. The molecule has 1 atom stereocenters. The van der Waals surface area contributed by atoms with Crippen LogP contribution in [0.4, 0.5) is 0 Å². The van der Waals surface area contributed by atoms with Gasteiger partial charge in [0, 0.05) is 24.0 Å². The van der Waals surface area contributed by atoms with Crippen LogP contribution in [-0.2, 0) is 12.8 Å². The number of fused-ring (bicyclic) bond motifs is 1. The summed E-state index contributed by atoms with van der Waals surface area (Å²) in [7, 11) is 0. The smallest absolute Gasteiger partial charge is 0.0776 e. The van der Waals surface area contributed by atoms with Crippen LogP contribution in [0.3, 0.4) is 0 Å². The molecule has 108 valence electrons. The fraction of sp³-hybridized carbons (Fsp3) is 0.500. The molecule has 2 aromatic rings. The number of halogens is 1. The van der Waals surface area contributed by atoms with Crippen LogP contribution in [0.25, 0.3) is 0 Å². The van der Waals surface area contributed by atoms with Crippen molar-refractivity contribution in [2.75, 3.05) is 6.54 Å².